The number of hydrogen-bond donors (Lipinski definition) is 0. The Kier molecular flexibility index (Phi) is 6.84. The van der Waals surface area contributed by atoms with Gasteiger partial charge in [-0.15, -0.1) is 0 Å². The van der Waals surface area contributed by atoms with E-state index in [1.807, 2.05) is 18.7 Å². The third-order valence-electron chi connectivity index (χ3n) is 5.65. The van der Waals surface area contributed by atoms with Crippen molar-refractivity contribution in [2.45, 2.75) is 65.8 Å². The highest BCUT2D eigenvalue weighted by molar-refractivity contribution is 6.61. The summed E-state index contributed by atoms with van der Waals surface area (Å²) in [7, 11) is -0.779. The minimum absolute atomic E-state index is 0.107. The molecule has 6 nitrogen and oxygen atoms in total. The number of anilines is 1. The molecule has 3 rings (SSSR count). The van der Waals surface area contributed by atoms with Gasteiger partial charge in [0.05, 0.1) is 4.92 Å². The smallest absolute Gasteiger partial charge is 0.407 e. The van der Waals surface area contributed by atoms with Gasteiger partial charge in [0.15, 0.2) is 11.5 Å². The van der Waals surface area contributed by atoms with Crippen molar-refractivity contribution in [2.75, 3.05) is 24.7 Å². The summed E-state index contributed by atoms with van der Waals surface area (Å²) in [6, 6.07) is 2.91. The molecule has 160 valence electrons. The first-order valence-electron chi connectivity index (χ1n) is 10.7. The summed E-state index contributed by atoms with van der Waals surface area (Å²) >= 11 is 0. The SMILES string of the molecule is CC(C)CN(c1c(F)cc(B2OCC(C)(C)CO2)cc1[N+](=O)[O-])C1CCCCC1. The third kappa shape index (κ3) is 5.28. The molecule has 1 aliphatic heterocycles. The van der Waals surface area contributed by atoms with Gasteiger partial charge in [0.1, 0.15) is 0 Å². The van der Waals surface area contributed by atoms with Crippen LogP contribution in [-0.2, 0) is 9.31 Å². The van der Waals surface area contributed by atoms with Crippen LogP contribution in [0.4, 0.5) is 15.8 Å². The third-order valence-corrected chi connectivity index (χ3v) is 5.65. The van der Waals surface area contributed by atoms with E-state index in [2.05, 4.69) is 13.8 Å². The molecule has 0 N–H and O–H groups in total. The van der Waals surface area contributed by atoms with Gasteiger partial charge in [-0.2, -0.15) is 0 Å². The van der Waals surface area contributed by atoms with Crippen LogP contribution in [0.2, 0.25) is 0 Å². The molecular weight excluding hydrogens is 374 g/mol. The zero-order valence-corrected chi connectivity index (χ0v) is 17.9. The van der Waals surface area contributed by atoms with E-state index in [-0.39, 0.29) is 28.7 Å². The summed E-state index contributed by atoms with van der Waals surface area (Å²) in [6.07, 6.45) is 5.20. The number of halogens is 1. The fourth-order valence-corrected chi connectivity index (χ4v) is 4.26. The molecule has 0 atom stereocenters. The molecule has 0 spiro atoms. The van der Waals surface area contributed by atoms with Crippen LogP contribution in [-0.4, -0.2) is 37.8 Å². The highest BCUT2D eigenvalue weighted by Gasteiger charge is 2.37. The Bertz CT molecular complexity index is 728. The summed E-state index contributed by atoms with van der Waals surface area (Å²) in [5.74, 6) is -0.305. The van der Waals surface area contributed by atoms with E-state index in [0.717, 1.165) is 25.7 Å². The first-order chi connectivity index (χ1) is 13.7. The standard InChI is InChI=1S/C21H32BFN2O4/c1-15(2)12-24(17-8-6-5-7-9-17)20-18(23)10-16(11-19(20)25(26)27)22-28-13-21(3,4)14-29-22/h10-11,15,17H,5-9,12-14H2,1-4H3. The summed E-state index contributed by atoms with van der Waals surface area (Å²) in [5, 5.41) is 11.9. The van der Waals surface area contributed by atoms with Crippen LogP contribution >= 0.6 is 0 Å². The molecule has 8 heteroatoms. The van der Waals surface area contributed by atoms with E-state index in [9.17, 15) is 10.1 Å². The molecule has 0 unspecified atom stereocenters. The Hall–Kier alpha value is -1.67. The predicted molar refractivity (Wildman–Crippen MR) is 113 cm³/mol. The molecule has 1 aromatic carbocycles. The normalized spacial score (nSPS) is 20.1. The van der Waals surface area contributed by atoms with Gasteiger partial charge in [0.25, 0.3) is 5.69 Å². The number of rotatable bonds is 6. The second-order valence-electron chi connectivity index (χ2n) is 9.58. The maximum Gasteiger partial charge on any atom is 0.494 e. The van der Waals surface area contributed by atoms with Gasteiger partial charge < -0.3 is 14.2 Å². The maximum atomic E-state index is 15.4. The predicted octanol–water partition coefficient (Wildman–Crippen LogP) is 4.30. The molecule has 1 saturated carbocycles. The summed E-state index contributed by atoms with van der Waals surface area (Å²) in [5.41, 5.74) is 0.135. The Labute approximate surface area is 173 Å². The molecule has 0 amide bonds. The number of benzene rings is 1. The van der Waals surface area contributed by atoms with Crippen molar-refractivity contribution in [3.05, 3.63) is 28.1 Å². The summed E-state index contributed by atoms with van der Waals surface area (Å²) < 4.78 is 26.8. The van der Waals surface area contributed by atoms with Crippen LogP contribution in [0, 0.1) is 27.3 Å². The fraction of sp³-hybridized carbons (Fsp3) is 0.714. The van der Waals surface area contributed by atoms with Gasteiger partial charge in [0, 0.05) is 37.3 Å². The van der Waals surface area contributed by atoms with Crippen LogP contribution in [0.1, 0.15) is 59.8 Å². The molecular formula is C21H32BFN2O4. The van der Waals surface area contributed by atoms with Gasteiger partial charge in [-0.05, 0) is 30.3 Å². The minimum Gasteiger partial charge on any atom is -0.407 e. The highest BCUT2D eigenvalue weighted by Crippen LogP contribution is 2.36. The average Bonchev–Trinajstić information content (AvgIpc) is 2.66. The van der Waals surface area contributed by atoms with Crippen molar-refractivity contribution in [1.29, 1.82) is 0 Å². The van der Waals surface area contributed by atoms with Crippen molar-refractivity contribution in [1.82, 2.24) is 0 Å². The monoisotopic (exact) mass is 406 g/mol. The van der Waals surface area contributed by atoms with Crippen LogP contribution in [0.5, 0.6) is 0 Å². The molecule has 0 bridgehead atoms. The zero-order valence-electron chi connectivity index (χ0n) is 17.9. The van der Waals surface area contributed by atoms with Gasteiger partial charge in [0.2, 0.25) is 0 Å². The van der Waals surface area contributed by atoms with Gasteiger partial charge >= 0.3 is 7.12 Å². The van der Waals surface area contributed by atoms with Crippen molar-refractivity contribution >= 4 is 24.0 Å². The fourth-order valence-electron chi connectivity index (χ4n) is 4.26. The van der Waals surface area contributed by atoms with E-state index in [4.69, 9.17) is 9.31 Å². The molecule has 1 aromatic rings. The first kappa shape index (κ1) is 22.0. The topological polar surface area (TPSA) is 64.8 Å². The lowest BCUT2D eigenvalue weighted by atomic mass is 9.75. The quantitative estimate of drug-likeness (QED) is 0.401. The van der Waals surface area contributed by atoms with E-state index in [0.29, 0.717) is 25.2 Å². The molecule has 1 saturated heterocycles. The zero-order chi connectivity index (χ0) is 21.2. The van der Waals surface area contributed by atoms with Gasteiger partial charge in [-0.25, -0.2) is 4.39 Å². The Morgan fingerprint density at radius 2 is 1.86 bits per heavy atom. The van der Waals surface area contributed by atoms with Crippen LogP contribution in [0.3, 0.4) is 0 Å². The maximum absolute atomic E-state index is 15.4. The number of hydrogen-bond acceptors (Lipinski definition) is 5. The second kappa shape index (κ2) is 9.00. The highest BCUT2D eigenvalue weighted by atomic mass is 19.1. The van der Waals surface area contributed by atoms with E-state index in [1.165, 1.54) is 18.6 Å². The molecule has 2 fully saturated rings. The Balaban J connectivity index is 1.97. The number of nitrogens with zero attached hydrogens (tertiary/aromatic N) is 2. The molecule has 1 aliphatic carbocycles. The van der Waals surface area contributed by atoms with E-state index < -0.39 is 17.9 Å². The molecule has 0 aromatic heterocycles. The summed E-state index contributed by atoms with van der Waals surface area (Å²) in [6.45, 7) is 9.64. The second-order valence-corrected chi connectivity index (χ2v) is 9.58. The lowest BCUT2D eigenvalue weighted by molar-refractivity contribution is -0.384. The Morgan fingerprint density at radius 1 is 1.24 bits per heavy atom. The van der Waals surface area contributed by atoms with Crippen LogP contribution in [0.25, 0.3) is 0 Å². The number of nitro benzene ring substituents is 1. The summed E-state index contributed by atoms with van der Waals surface area (Å²) in [4.78, 5) is 13.4. The van der Waals surface area contributed by atoms with Gasteiger partial charge in [-0.3, -0.25) is 10.1 Å². The number of nitro groups is 1. The molecule has 0 radical (unpaired) electrons. The largest absolute Gasteiger partial charge is 0.494 e. The van der Waals surface area contributed by atoms with Crippen molar-refractivity contribution < 1.29 is 18.6 Å². The van der Waals surface area contributed by atoms with Crippen molar-refractivity contribution in [3.63, 3.8) is 0 Å². The first-order valence-corrected chi connectivity index (χ1v) is 10.7. The van der Waals surface area contributed by atoms with Crippen LogP contribution in [0.15, 0.2) is 12.1 Å². The molecule has 2 aliphatic rings. The lowest BCUT2D eigenvalue weighted by Gasteiger charge is -2.37. The van der Waals surface area contributed by atoms with Gasteiger partial charge in [-0.1, -0.05) is 47.0 Å². The van der Waals surface area contributed by atoms with Crippen molar-refractivity contribution in [3.8, 4) is 0 Å². The van der Waals surface area contributed by atoms with E-state index >= 15 is 4.39 Å². The molecule has 1 heterocycles. The van der Waals surface area contributed by atoms with Crippen LogP contribution < -0.4 is 10.4 Å². The average molecular weight is 406 g/mol. The molecule has 29 heavy (non-hydrogen) atoms. The van der Waals surface area contributed by atoms with Crippen molar-refractivity contribution in [2.24, 2.45) is 11.3 Å². The minimum atomic E-state index is -0.779. The van der Waals surface area contributed by atoms with E-state index in [1.54, 1.807) is 0 Å². The Morgan fingerprint density at radius 3 is 2.41 bits per heavy atom. The lowest BCUT2D eigenvalue weighted by Crippen LogP contribution is -2.48.